The molecule has 1 saturated carbocycles. The number of rotatable bonds is 7. The van der Waals surface area contributed by atoms with E-state index in [9.17, 15) is 5.11 Å². The fraction of sp³-hybridized carbons (Fsp3) is 0.438. The summed E-state index contributed by atoms with van der Waals surface area (Å²) in [7, 11) is 4.14. The summed E-state index contributed by atoms with van der Waals surface area (Å²) in [5, 5.41) is 16.1. The lowest BCUT2D eigenvalue weighted by Crippen LogP contribution is -2.66. The van der Waals surface area contributed by atoms with Crippen molar-refractivity contribution in [2.45, 2.75) is 50.7 Å². The lowest BCUT2D eigenvalue weighted by atomic mass is 9.87. The van der Waals surface area contributed by atoms with Gasteiger partial charge in [0.2, 0.25) is 0 Å². The smallest absolute Gasteiger partial charge is 0.319 e. The number of hydrogen-bond acceptors (Lipinski definition) is 7. The predicted octanol–water partition coefficient (Wildman–Crippen LogP) is 6.00. The summed E-state index contributed by atoms with van der Waals surface area (Å²) in [4.78, 5) is 14.1. The molecule has 2 bridgehead atoms. The molecule has 3 aliphatic heterocycles. The molecule has 4 heterocycles. The normalized spacial score (nSPS) is 23.1. The Hall–Kier alpha value is -3.20. The molecular weight excluding hydrogens is 541 g/mol. The number of aromatic nitrogens is 2. The topological polar surface area (TPSA) is 73.8 Å². The Kier molecular flexibility index (Phi) is 6.48. The highest BCUT2D eigenvalue weighted by molar-refractivity contribution is 6.35. The van der Waals surface area contributed by atoms with E-state index in [1.807, 2.05) is 24.3 Å². The first kappa shape index (κ1) is 26.7. The quantitative estimate of drug-likeness (QED) is 0.280. The van der Waals surface area contributed by atoms with Crippen molar-refractivity contribution >= 4 is 39.1 Å². The van der Waals surface area contributed by atoms with Gasteiger partial charge in [0.05, 0.1) is 11.6 Å². The molecule has 0 spiro atoms. The van der Waals surface area contributed by atoms with Gasteiger partial charge in [0.15, 0.2) is 5.82 Å². The van der Waals surface area contributed by atoms with Crippen LogP contribution < -0.4 is 15.0 Å². The Morgan fingerprint density at radius 1 is 1.15 bits per heavy atom. The number of piperidine rings is 2. The largest absolute Gasteiger partial charge is 0.508 e. The molecule has 4 aromatic rings. The average molecular weight is 576 g/mol. The van der Waals surface area contributed by atoms with E-state index in [4.69, 9.17) is 21.3 Å². The molecular formula is C32H35ClFN5O2. The van der Waals surface area contributed by atoms with Crippen LogP contribution in [-0.4, -0.2) is 71.9 Å². The summed E-state index contributed by atoms with van der Waals surface area (Å²) in [6.07, 6.45) is 4.34. The van der Waals surface area contributed by atoms with Crippen LogP contribution in [-0.2, 0) is 0 Å². The zero-order valence-electron chi connectivity index (χ0n) is 23.6. The van der Waals surface area contributed by atoms with E-state index in [1.54, 1.807) is 18.2 Å². The Morgan fingerprint density at radius 3 is 2.68 bits per heavy atom. The molecule has 4 aliphatic rings. The molecule has 1 aromatic heterocycles. The van der Waals surface area contributed by atoms with Gasteiger partial charge in [0, 0.05) is 47.6 Å². The number of anilines is 1. The number of hydrogen-bond donors (Lipinski definition) is 2. The van der Waals surface area contributed by atoms with Gasteiger partial charge in [-0.3, -0.25) is 0 Å². The summed E-state index contributed by atoms with van der Waals surface area (Å²) in [6, 6.07) is 13.4. The van der Waals surface area contributed by atoms with E-state index in [1.165, 1.54) is 0 Å². The van der Waals surface area contributed by atoms with Crippen molar-refractivity contribution in [3.63, 3.8) is 0 Å². The number of halogens is 2. The van der Waals surface area contributed by atoms with Crippen LogP contribution in [0.1, 0.15) is 32.6 Å². The van der Waals surface area contributed by atoms with Crippen LogP contribution in [0.25, 0.3) is 32.8 Å². The molecule has 3 saturated heterocycles. The predicted molar refractivity (Wildman–Crippen MR) is 162 cm³/mol. The van der Waals surface area contributed by atoms with Crippen molar-refractivity contribution in [3.05, 3.63) is 53.3 Å². The number of phenols is 1. The van der Waals surface area contributed by atoms with Gasteiger partial charge in [-0.25, -0.2) is 4.39 Å². The molecule has 4 fully saturated rings. The second kappa shape index (κ2) is 9.96. The van der Waals surface area contributed by atoms with Crippen LogP contribution in [0.15, 0.2) is 42.5 Å². The molecule has 1 aliphatic carbocycles. The van der Waals surface area contributed by atoms with Gasteiger partial charge in [-0.05, 0) is 81.2 Å². The van der Waals surface area contributed by atoms with E-state index in [2.05, 4.69) is 41.1 Å². The average Bonchev–Trinajstić information content (AvgIpc) is 3.71. The molecule has 0 radical (unpaired) electrons. The first-order chi connectivity index (χ1) is 19.7. The monoisotopic (exact) mass is 575 g/mol. The lowest BCUT2D eigenvalue weighted by molar-refractivity contribution is 0.183. The van der Waals surface area contributed by atoms with Gasteiger partial charge in [-0.15, -0.1) is 0 Å². The minimum absolute atomic E-state index is 0.0849. The minimum atomic E-state index is -0.496. The molecule has 7 nitrogen and oxygen atoms in total. The van der Waals surface area contributed by atoms with Crippen molar-refractivity contribution < 1.29 is 14.2 Å². The molecule has 2 N–H and O–H groups in total. The van der Waals surface area contributed by atoms with E-state index in [0.717, 1.165) is 49.5 Å². The Balaban J connectivity index is 1.39. The van der Waals surface area contributed by atoms with Gasteiger partial charge in [0.25, 0.3) is 0 Å². The fourth-order valence-corrected chi connectivity index (χ4v) is 7.27. The number of nitrogens with one attached hydrogen (secondary N) is 1. The number of benzene rings is 3. The molecule has 3 aromatic carbocycles. The van der Waals surface area contributed by atoms with E-state index in [-0.39, 0.29) is 40.3 Å². The second-order valence-corrected chi connectivity index (χ2v) is 12.8. The number of fused-ring (bicyclic) bond motifs is 5. The molecule has 9 heteroatoms. The van der Waals surface area contributed by atoms with Crippen molar-refractivity contribution in [1.29, 1.82) is 0 Å². The zero-order valence-corrected chi connectivity index (χ0v) is 24.4. The van der Waals surface area contributed by atoms with Gasteiger partial charge in [0.1, 0.15) is 17.1 Å². The highest BCUT2D eigenvalue weighted by Crippen LogP contribution is 2.47. The Morgan fingerprint density at radius 2 is 1.98 bits per heavy atom. The Bertz CT molecular complexity index is 1650. The highest BCUT2D eigenvalue weighted by Gasteiger charge is 2.44. The number of phenolic OH excluding ortho intramolecular Hbond substituents is 1. The van der Waals surface area contributed by atoms with Gasteiger partial charge in [-0.2, -0.15) is 9.97 Å². The van der Waals surface area contributed by atoms with Crippen LogP contribution in [0.3, 0.4) is 0 Å². The first-order valence-corrected chi connectivity index (χ1v) is 14.8. The number of ether oxygens (including phenoxy) is 1. The third-order valence-corrected chi connectivity index (χ3v) is 9.48. The summed E-state index contributed by atoms with van der Waals surface area (Å²) in [5.41, 5.74) is 1.22. The van der Waals surface area contributed by atoms with E-state index in [0.29, 0.717) is 34.4 Å². The molecule has 1 unspecified atom stereocenters. The van der Waals surface area contributed by atoms with E-state index >= 15 is 4.39 Å². The van der Waals surface area contributed by atoms with Gasteiger partial charge in [-0.1, -0.05) is 35.9 Å². The van der Waals surface area contributed by atoms with Crippen LogP contribution in [0.4, 0.5) is 10.2 Å². The number of nitrogens with zero attached hydrogens (tertiary/aromatic N) is 4. The standard InChI is InChI=1S/C32H35ClFN5O2/c1-18-26-10-7-20(15-35-26)39(18)30-24-14-25(33)27(23-6-4-5-19-13-21(40)8-9-22(19)23)28(34)29(24)36-31(37-30)41-17-32(11-12-32)16-38(2)3/h4-6,8-9,13-14,18,20,26,35,40H,7,10-12,15-17H2,1-3H3/t18?,20-,26-/m0/s1. The molecule has 3 atom stereocenters. The van der Waals surface area contributed by atoms with E-state index < -0.39 is 5.82 Å². The second-order valence-electron chi connectivity index (χ2n) is 12.4. The lowest BCUT2D eigenvalue weighted by Gasteiger charge is -2.51. The van der Waals surface area contributed by atoms with Crippen LogP contribution in [0.2, 0.25) is 5.02 Å². The number of piperazine rings is 1. The molecule has 41 heavy (non-hydrogen) atoms. The van der Waals surface area contributed by atoms with Crippen LogP contribution in [0, 0.1) is 11.2 Å². The first-order valence-electron chi connectivity index (χ1n) is 14.4. The molecule has 214 valence electrons. The Labute approximate surface area is 244 Å². The summed E-state index contributed by atoms with van der Waals surface area (Å²) >= 11 is 6.91. The third-order valence-electron chi connectivity index (χ3n) is 9.18. The maximum Gasteiger partial charge on any atom is 0.319 e. The van der Waals surface area contributed by atoms with Gasteiger partial charge >= 0.3 is 6.01 Å². The van der Waals surface area contributed by atoms with Crippen molar-refractivity contribution in [2.75, 3.05) is 38.7 Å². The summed E-state index contributed by atoms with van der Waals surface area (Å²) in [5.74, 6) is 0.339. The summed E-state index contributed by atoms with van der Waals surface area (Å²) in [6.45, 7) is 4.48. The number of aromatic hydroxyl groups is 1. The van der Waals surface area contributed by atoms with Gasteiger partial charge < -0.3 is 25.0 Å². The maximum absolute atomic E-state index is 16.8. The van der Waals surface area contributed by atoms with Crippen LogP contribution >= 0.6 is 11.6 Å². The van der Waals surface area contributed by atoms with Crippen molar-refractivity contribution in [2.24, 2.45) is 5.41 Å². The third kappa shape index (κ3) is 4.66. The zero-order chi connectivity index (χ0) is 28.5. The molecule has 8 rings (SSSR count). The SMILES string of the molecule is CC1[C@@H]2CC[C@@H](CN2)N1c1nc(OCC2(CN(C)C)CC2)nc2c(F)c(-c3cccc4cc(O)ccc34)c(Cl)cc12. The highest BCUT2D eigenvalue weighted by atomic mass is 35.5. The van der Waals surface area contributed by atoms with Crippen LogP contribution in [0.5, 0.6) is 11.8 Å². The molecule has 0 amide bonds. The van der Waals surface area contributed by atoms with Crippen molar-refractivity contribution in [3.8, 4) is 22.9 Å². The minimum Gasteiger partial charge on any atom is -0.508 e. The maximum atomic E-state index is 16.8. The van der Waals surface area contributed by atoms with Crippen molar-refractivity contribution in [1.82, 2.24) is 20.2 Å². The summed E-state index contributed by atoms with van der Waals surface area (Å²) < 4.78 is 23.1. The fourth-order valence-electron chi connectivity index (χ4n) is 6.98.